The summed E-state index contributed by atoms with van der Waals surface area (Å²) in [5.41, 5.74) is 1.49. The molecule has 2 fully saturated rings. The van der Waals surface area contributed by atoms with Gasteiger partial charge in [0.05, 0.1) is 10.7 Å². The Balaban J connectivity index is 0.00000289. The lowest BCUT2D eigenvalue weighted by molar-refractivity contribution is 0.541. The fraction of sp³-hybridized carbons (Fsp3) is 0.440. The number of nitrogens with zero attached hydrogens (tertiary/aromatic N) is 7. The minimum atomic E-state index is -0.444. The van der Waals surface area contributed by atoms with Gasteiger partial charge in [-0.2, -0.15) is 4.98 Å². The van der Waals surface area contributed by atoms with E-state index in [9.17, 15) is 4.39 Å². The highest BCUT2D eigenvalue weighted by Gasteiger charge is 2.29. The molecule has 2 aromatic heterocycles. The van der Waals surface area contributed by atoms with Gasteiger partial charge < -0.3 is 14.7 Å². The van der Waals surface area contributed by atoms with Gasteiger partial charge >= 0.3 is 0 Å². The summed E-state index contributed by atoms with van der Waals surface area (Å²) in [6.45, 7) is 7.48. The van der Waals surface area contributed by atoms with Crippen molar-refractivity contribution >= 4 is 40.8 Å². The molecule has 35 heavy (non-hydrogen) atoms. The molecule has 0 bridgehead atoms. The Kier molecular flexibility index (Phi) is 7.62. The molecule has 7 nitrogen and oxygen atoms in total. The fourth-order valence-corrected chi connectivity index (χ4v) is 5.15. The predicted octanol–water partition coefficient (Wildman–Crippen LogP) is 5.72. The summed E-state index contributed by atoms with van der Waals surface area (Å²) in [6.07, 6.45) is 5.47. The normalized spacial score (nSPS) is 20.2. The van der Waals surface area contributed by atoms with Crippen molar-refractivity contribution in [2.75, 3.05) is 40.9 Å². The smallest absolute Gasteiger partial charge is 0.228 e. The summed E-state index contributed by atoms with van der Waals surface area (Å²) in [5, 5.41) is 0.488. The maximum Gasteiger partial charge on any atom is 0.228 e. The molecule has 1 aromatic carbocycles. The van der Waals surface area contributed by atoms with Crippen molar-refractivity contribution in [2.24, 2.45) is 0 Å². The Morgan fingerprint density at radius 2 is 1.74 bits per heavy atom. The van der Waals surface area contributed by atoms with Crippen LogP contribution in [0.4, 0.5) is 22.0 Å². The molecule has 4 heterocycles. The van der Waals surface area contributed by atoms with Crippen LogP contribution in [0.15, 0.2) is 36.7 Å². The van der Waals surface area contributed by atoms with Crippen LogP contribution in [-0.2, 0) is 0 Å². The van der Waals surface area contributed by atoms with Gasteiger partial charge in [0.1, 0.15) is 11.6 Å². The molecular weight excluding hydrogens is 488 g/mol. The zero-order valence-corrected chi connectivity index (χ0v) is 20.6. The van der Waals surface area contributed by atoms with Gasteiger partial charge in [-0.3, -0.25) is 0 Å². The minimum Gasteiger partial charge on any atom is -0.350 e. The number of halogens is 3. The highest BCUT2D eigenvalue weighted by atomic mass is 35.5. The van der Waals surface area contributed by atoms with Crippen molar-refractivity contribution in [3.63, 3.8) is 0 Å². The summed E-state index contributed by atoms with van der Waals surface area (Å²) in [4.78, 5) is 25.1. The largest absolute Gasteiger partial charge is 0.350 e. The zero-order chi connectivity index (χ0) is 23.8. The third-order valence-corrected chi connectivity index (χ3v) is 7.14. The van der Waals surface area contributed by atoms with E-state index in [2.05, 4.69) is 38.5 Å². The van der Waals surface area contributed by atoms with Crippen LogP contribution < -0.4 is 14.7 Å². The van der Waals surface area contributed by atoms with Crippen LogP contribution in [0, 0.1) is 5.82 Å². The fourth-order valence-electron chi connectivity index (χ4n) is 4.75. The maximum atomic E-state index is 13.8. The first-order valence-electron chi connectivity index (χ1n) is 11.5. The molecule has 2 aliphatic heterocycles. The van der Waals surface area contributed by atoms with E-state index < -0.39 is 5.82 Å². The van der Waals surface area contributed by atoms with Crippen LogP contribution >= 0.6 is 23.2 Å². The molecule has 2 atom stereocenters. The molecule has 10 heteroatoms. The Hall–Kier alpha value is -2.71. The Morgan fingerprint density at radius 3 is 2.43 bits per heavy atom. The number of piperazine rings is 1. The van der Waals surface area contributed by atoms with Gasteiger partial charge in [0.25, 0.3) is 0 Å². The van der Waals surface area contributed by atoms with E-state index in [0.29, 0.717) is 23.0 Å². The van der Waals surface area contributed by atoms with Crippen molar-refractivity contribution < 1.29 is 4.39 Å². The molecular formula is C25H30Cl2FN7. The zero-order valence-electron chi connectivity index (χ0n) is 19.1. The molecule has 186 valence electrons. The van der Waals surface area contributed by atoms with Crippen molar-refractivity contribution in [2.45, 2.75) is 46.2 Å². The predicted molar refractivity (Wildman–Crippen MR) is 141 cm³/mol. The molecule has 2 saturated heterocycles. The van der Waals surface area contributed by atoms with Crippen LogP contribution in [0.5, 0.6) is 0 Å². The van der Waals surface area contributed by atoms with E-state index in [1.807, 2.05) is 6.07 Å². The summed E-state index contributed by atoms with van der Waals surface area (Å²) in [5.74, 6) is 1.80. The topological polar surface area (TPSA) is 61.3 Å². The van der Waals surface area contributed by atoms with Crippen LogP contribution in [0.25, 0.3) is 11.3 Å². The van der Waals surface area contributed by atoms with Crippen molar-refractivity contribution in [3.8, 4) is 11.3 Å². The second-order valence-corrected chi connectivity index (χ2v) is 9.65. The molecule has 0 radical (unpaired) electrons. The minimum absolute atomic E-state index is 0. The highest BCUT2D eigenvalue weighted by Crippen LogP contribution is 2.32. The monoisotopic (exact) mass is 517 g/mol. The lowest BCUT2D eigenvalue weighted by Crippen LogP contribution is -2.53. The second kappa shape index (κ2) is 10.5. The number of hydrogen-bond donors (Lipinski definition) is 0. The van der Waals surface area contributed by atoms with Gasteiger partial charge in [0, 0.05) is 62.3 Å². The molecule has 0 spiro atoms. The highest BCUT2D eigenvalue weighted by molar-refractivity contribution is 6.31. The van der Waals surface area contributed by atoms with Crippen molar-refractivity contribution in [3.05, 3.63) is 52.7 Å². The van der Waals surface area contributed by atoms with Crippen LogP contribution in [0.2, 0.25) is 10.2 Å². The number of anilines is 3. The molecule has 0 unspecified atom stereocenters. The lowest BCUT2D eigenvalue weighted by Gasteiger charge is -2.41. The first kappa shape index (κ1) is 25.4. The summed E-state index contributed by atoms with van der Waals surface area (Å²) < 4.78 is 13.8. The van der Waals surface area contributed by atoms with Gasteiger partial charge in [0.2, 0.25) is 5.95 Å². The maximum absolute atomic E-state index is 13.8. The van der Waals surface area contributed by atoms with Crippen LogP contribution in [0.1, 0.15) is 34.1 Å². The van der Waals surface area contributed by atoms with E-state index in [1.165, 1.54) is 6.07 Å². The molecule has 5 rings (SSSR count). The van der Waals surface area contributed by atoms with Crippen molar-refractivity contribution in [1.82, 2.24) is 19.9 Å². The van der Waals surface area contributed by atoms with Crippen LogP contribution in [-0.4, -0.2) is 58.2 Å². The van der Waals surface area contributed by atoms with Gasteiger partial charge in [0.15, 0.2) is 11.0 Å². The van der Waals surface area contributed by atoms with Gasteiger partial charge in [-0.05, 0) is 44.9 Å². The molecule has 2 aliphatic rings. The van der Waals surface area contributed by atoms with Crippen molar-refractivity contribution in [1.29, 1.82) is 0 Å². The third-order valence-electron chi connectivity index (χ3n) is 6.58. The molecule has 3 aromatic rings. The summed E-state index contributed by atoms with van der Waals surface area (Å²) in [7, 11) is 0. The van der Waals surface area contributed by atoms with Gasteiger partial charge in [-0.15, -0.1) is 0 Å². The van der Waals surface area contributed by atoms with E-state index in [1.54, 1.807) is 24.5 Å². The first-order valence-corrected chi connectivity index (χ1v) is 12.3. The van der Waals surface area contributed by atoms with Gasteiger partial charge in [-0.1, -0.05) is 30.6 Å². The number of aromatic nitrogens is 4. The summed E-state index contributed by atoms with van der Waals surface area (Å²) >= 11 is 12.4. The Labute approximate surface area is 215 Å². The first-order chi connectivity index (χ1) is 16.4. The Morgan fingerprint density at radius 1 is 0.943 bits per heavy atom. The van der Waals surface area contributed by atoms with Gasteiger partial charge in [-0.25, -0.2) is 19.3 Å². The second-order valence-electron chi connectivity index (χ2n) is 8.88. The SMILES string of the molecule is C.C[C@@H]1CN(c2nccnc2Cl)CCN1c1cc(-c2ccc(F)c(Cl)c2)nc(N2CCC[C@@H]2C)n1. The summed E-state index contributed by atoms with van der Waals surface area (Å²) in [6, 6.07) is 7.20. The van der Waals surface area contributed by atoms with Crippen LogP contribution in [0.3, 0.4) is 0 Å². The number of benzene rings is 1. The number of rotatable bonds is 4. The van der Waals surface area contributed by atoms with E-state index in [4.69, 9.17) is 33.2 Å². The average Bonchev–Trinajstić information content (AvgIpc) is 3.26. The lowest BCUT2D eigenvalue weighted by atomic mass is 10.1. The third kappa shape index (κ3) is 5.14. The molecule has 0 aliphatic carbocycles. The molecule has 0 saturated carbocycles. The van der Waals surface area contributed by atoms with E-state index >= 15 is 0 Å². The Bertz CT molecular complexity index is 1190. The van der Waals surface area contributed by atoms with E-state index in [-0.39, 0.29) is 18.5 Å². The quantitative estimate of drug-likeness (QED) is 0.438. The standard InChI is InChI=1S/C24H26Cl2FN7.CH4/c1-15-4-3-9-34(15)24-30-20(17-5-6-19(27)18(25)12-17)13-21(31-24)33-11-10-32(14-16(33)2)23-22(26)28-7-8-29-23;/h5-8,12-13,15-16H,3-4,9-11,14H2,1-2H3;1H4/t15-,16+;/m0./s1. The molecule has 0 amide bonds. The molecule has 0 N–H and O–H groups in total. The average molecular weight is 518 g/mol. The van der Waals surface area contributed by atoms with E-state index in [0.717, 1.165) is 56.1 Å². The number of hydrogen-bond acceptors (Lipinski definition) is 7.